The summed E-state index contributed by atoms with van der Waals surface area (Å²) in [4.78, 5) is 32.4. The van der Waals surface area contributed by atoms with Crippen molar-refractivity contribution in [2.75, 3.05) is 5.32 Å². The lowest BCUT2D eigenvalue weighted by molar-refractivity contribution is -0.117. The van der Waals surface area contributed by atoms with E-state index in [0.29, 0.717) is 22.8 Å². The Labute approximate surface area is 149 Å². The van der Waals surface area contributed by atoms with Crippen molar-refractivity contribution in [3.05, 3.63) is 70.4 Å². The summed E-state index contributed by atoms with van der Waals surface area (Å²) in [5.74, 6) is 0.231. The van der Waals surface area contributed by atoms with E-state index in [0.717, 1.165) is 4.68 Å². The van der Waals surface area contributed by atoms with E-state index in [-0.39, 0.29) is 18.1 Å². The standard InChI is InChI=1S/C18H17N5O3/c1-12-17(22-15(24)11-23-16(25)9-6-10-19-23)13(2)21-18(20-12)26-14-7-4-3-5-8-14/h3-10H,11H2,1-2H3,(H,22,24). The Morgan fingerprint density at radius 1 is 1.08 bits per heavy atom. The Morgan fingerprint density at radius 2 is 1.77 bits per heavy atom. The van der Waals surface area contributed by atoms with E-state index in [4.69, 9.17) is 4.74 Å². The van der Waals surface area contributed by atoms with Crippen molar-refractivity contribution in [3.63, 3.8) is 0 Å². The van der Waals surface area contributed by atoms with Gasteiger partial charge < -0.3 is 10.1 Å². The average Bonchev–Trinajstić information content (AvgIpc) is 2.61. The highest BCUT2D eigenvalue weighted by Crippen LogP contribution is 2.23. The first-order valence-electron chi connectivity index (χ1n) is 7.93. The van der Waals surface area contributed by atoms with Crippen LogP contribution in [0.4, 0.5) is 5.69 Å². The molecule has 0 aliphatic heterocycles. The average molecular weight is 351 g/mol. The molecule has 0 saturated heterocycles. The second-order valence-electron chi connectivity index (χ2n) is 5.53. The van der Waals surface area contributed by atoms with Crippen LogP contribution in [-0.4, -0.2) is 25.7 Å². The summed E-state index contributed by atoms with van der Waals surface area (Å²) in [6, 6.07) is 12.2. The molecule has 1 amide bonds. The van der Waals surface area contributed by atoms with Gasteiger partial charge in [-0.3, -0.25) is 9.59 Å². The Morgan fingerprint density at radius 3 is 2.42 bits per heavy atom. The van der Waals surface area contributed by atoms with Crippen molar-refractivity contribution in [2.24, 2.45) is 0 Å². The number of nitrogens with zero attached hydrogens (tertiary/aromatic N) is 4. The molecule has 26 heavy (non-hydrogen) atoms. The minimum atomic E-state index is -0.391. The monoisotopic (exact) mass is 351 g/mol. The number of nitrogens with one attached hydrogen (secondary N) is 1. The molecule has 0 aliphatic rings. The van der Waals surface area contributed by atoms with Gasteiger partial charge in [0.05, 0.1) is 17.1 Å². The predicted octanol–water partition coefficient (Wildman–Crippen LogP) is 2.08. The van der Waals surface area contributed by atoms with Gasteiger partial charge in [0.2, 0.25) is 5.91 Å². The number of hydrogen-bond acceptors (Lipinski definition) is 6. The number of anilines is 1. The molecule has 0 atom stereocenters. The van der Waals surface area contributed by atoms with Crippen LogP contribution in [0.1, 0.15) is 11.4 Å². The van der Waals surface area contributed by atoms with E-state index < -0.39 is 5.91 Å². The van der Waals surface area contributed by atoms with Gasteiger partial charge in [0.1, 0.15) is 12.3 Å². The normalized spacial score (nSPS) is 10.4. The smallest absolute Gasteiger partial charge is 0.322 e. The van der Waals surface area contributed by atoms with Crippen LogP contribution < -0.4 is 15.6 Å². The lowest BCUT2D eigenvalue weighted by Crippen LogP contribution is -2.29. The molecule has 1 aromatic carbocycles. The molecule has 3 rings (SSSR count). The topological polar surface area (TPSA) is 99.0 Å². The Kier molecular flexibility index (Phi) is 5.02. The zero-order valence-electron chi connectivity index (χ0n) is 14.3. The van der Waals surface area contributed by atoms with Crippen molar-refractivity contribution in [3.8, 4) is 11.8 Å². The van der Waals surface area contributed by atoms with Crippen LogP contribution in [-0.2, 0) is 11.3 Å². The van der Waals surface area contributed by atoms with E-state index in [9.17, 15) is 9.59 Å². The zero-order valence-corrected chi connectivity index (χ0v) is 14.3. The van der Waals surface area contributed by atoms with Crippen molar-refractivity contribution < 1.29 is 9.53 Å². The van der Waals surface area contributed by atoms with Crippen LogP contribution in [0.5, 0.6) is 11.8 Å². The van der Waals surface area contributed by atoms with E-state index in [2.05, 4.69) is 20.4 Å². The van der Waals surface area contributed by atoms with Crippen molar-refractivity contribution in [2.45, 2.75) is 20.4 Å². The molecule has 8 nitrogen and oxygen atoms in total. The Balaban J connectivity index is 1.75. The first kappa shape index (κ1) is 17.3. The molecule has 3 aromatic rings. The number of ether oxygens (including phenoxy) is 1. The fourth-order valence-corrected chi connectivity index (χ4v) is 2.33. The summed E-state index contributed by atoms with van der Waals surface area (Å²) in [5, 5.41) is 6.58. The third kappa shape index (κ3) is 4.10. The van der Waals surface area contributed by atoms with Crippen LogP contribution >= 0.6 is 0 Å². The summed E-state index contributed by atoms with van der Waals surface area (Å²) in [6.45, 7) is 3.30. The summed E-state index contributed by atoms with van der Waals surface area (Å²) < 4.78 is 6.70. The van der Waals surface area contributed by atoms with E-state index >= 15 is 0 Å². The summed E-state index contributed by atoms with van der Waals surface area (Å²) in [7, 11) is 0. The molecular weight excluding hydrogens is 334 g/mol. The summed E-state index contributed by atoms with van der Waals surface area (Å²) >= 11 is 0. The van der Waals surface area contributed by atoms with Gasteiger partial charge in [-0.15, -0.1) is 0 Å². The highest BCUT2D eigenvalue weighted by atomic mass is 16.5. The van der Waals surface area contributed by atoms with Crippen LogP contribution in [0.2, 0.25) is 0 Å². The molecule has 8 heteroatoms. The third-order valence-electron chi connectivity index (χ3n) is 3.55. The molecule has 0 radical (unpaired) electrons. The van der Waals surface area contributed by atoms with Gasteiger partial charge in [-0.25, -0.2) is 4.68 Å². The maximum absolute atomic E-state index is 12.2. The predicted molar refractivity (Wildman–Crippen MR) is 95.1 cm³/mol. The molecule has 0 fully saturated rings. The first-order valence-corrected chi connectivity index (χ1v) is 7.93. The molecule has 0 bridgehead atoms. The van der Waals surface area contributed by atoms with Crippen LogP contribution in [0.25, 0.3) is 0 Å². The van der Waals surface area contributed by atoms with E-state index in [1.54, 1.807) is 26.0 Å². The zero-order chi connectivity index (χ0) is 18.5. The fraction of sp³-hybridized carbons (Fsp3) is 0.167. The van der Waals surface area contributed by atoms with E-state index in [1.807, 2.05) is 18.2 Å². The molecule has 0 saturated carbocycles. The minimum absolute atomic E-state index is 0.194. The number of benzene rings is 1. The number of para-hydroxylation sites is 1. The van der Waals surface area contributed by atoms with Crippen molar-refractivity contribution >= 4 is 11.6 Å². The Hall–Kier alpha value is -3.55. The van der Waals surface area contributed by atoms with Gasteiger partial charge in [-0.05, 0) is 32.0 Å². The summed E-state index contributed by atoms with van der Waals surface area (Å²) in [5.41, 5.74) is 1.26. The number of aryl methyl sites for hydroxylation is 2. The molecular formula is C18H17N5O3. The molecule has 132 valence electrons. The van der Waals surface area contributed by atoms with Crippen LogP contribution in [0.3, 0.4) is 0 Å². The lowest BCUT2D eigenvalue weighted by atomic mass is 10.3. The number of carbonyl (C=O) groups is 1. The molecule has 1 N–H and O–H groups in total. The highest BCUT2D eigenvalue weighted by Gasteiger charge is 2.14. The summed E-state index contributed by atoms with van der Waals surface area (Å²) in [6.07, 6.45) is 1.45. The molecule has 0 spiro atoms. The molecule has 2 aromatic heterocycles. The Bertz CT molecular complexity index is 962. The highest BCUT2D eigenvalue weighted by molar-refractivity contribution is 5.91. The first-order chi connectivity index (χ1) is 12.5. The lowest BCUT2D eigenvalue weighted by Gasteiger charge is -2.12. The number of aromatic nitrogens is 4. The molecule has 0 aliphatic carbocycles. The van der Waals surface area contributed by atoms with Gasteiger partial charge in [0.15, 0.2) is 0 Å². The van der Waals surface area contributed by atoms with Gasteiger partial charge in [-0.1, -0.05) is 18.2 Å². The maximum Gasteiger partial charge on any atom is 0.322 e. The largest absolute Gasteiger partial charge is 0.424 e. The van der Waals surface area contributed by atoms with Gasteiger partial charge in [0, 0.05) is 12.3 Å². The van der Waals surface area contributed by atoms with Gasteiger partial charge >= 0.3 is 6.01 Å². The molecule has 2 heterocycles. The number of carbonyl (C=O) groups excluding carboxylic acids is 1. The van der Waals surface area contributed by atoms with Gasteiger partial charge in [0.25, 0.3) is 5.56 Å². The van der Waals surface area contributed by atoms with Crippen LogP contribution in [0.15, 0.2) is 53.5 Å². The molecule has 0 unspecified atom stereocenters. The number of rotatable bonds is 5. The quantitative estimate of drug-likeness (QED) is 0.755. The SMILES string of the molecule is Cc1nc(Oc2ccccc2)nc(C)c1NC(=O)Cn1ncccc1=O. The van der Waals surface area contributed by atoms with Crippen molar-refractivity contribution in [1.29, 1.82) is 0 Å². The van der Waals surface area contributed by atoms with Crippen molar-refractivity contribution in [1.82, 2.24) is 19.7 Å². The maximum atomic E-state index is 12.2. The number of amides is 1. The third-order valence-corrected chi connectivity index (χ3v) is 3.55. The minimum Gasteiger partial charge on any atom is -0.424 e. The second kappa shape index (κ2) is 7.56. The van der Waals surface area contributed by atoms with E-state index in [1.165, 1.54) is 18.3 Å². The van der Waals surface area contributed by atoms with Gasteiger partial charge in [-0.2, -0.15) is 15.1 Å². The second-order valence-corrected chi connectivity index (χ2v) is 5.53. The number of hydrogen-bond donors (Lipinski definition) is 1. The fourth-order valence-electron chi connectivity index (χ4n) is 2.33. The van der Waals surface area contributed by atoms with Crippen LogP contribution in [0, 0.1) is 13.8 Å².